The number of pyridine rings is 1. The maximum atomic E-state index is 6.14. The monoisotopic (exact) mass is 2460 g/mol. The zero-order chi connectivity index (χ0) is 88.3. The van der Waals surface area contributed by atoms with Gasteiger partial charge in [0.25, 0.3) is 0 Å². The molecule has 6 aliphatic heterocycles. The Kier molecular flexibility index (Phi) is 32.4. The molecule has 0 bridgehead atoms. The van der Waals surface area contributed by atoms with Gasteiger partial charge in [-0.05, 0) is 148 Å². The van der Waals surface area contributed by atoms with Crippen molar-refractivity contribution >= 4 is 56.9 Å². The first-order valence-electron chi connectivity index (χ1n) is 41.7. The van der Waals surface area contributed by atoms with Crippen molar-refractivity contribution in [2.24, 2.45) is 7.05 Å². The van der Waals surface area contributed by atoms with E-state index in [1.807, 2.05) is 315 Å². The number of aryl methyl sites for hydroxylation is 3. The molecule has 21 nitrogen and oxygen atoms in total. The second-order valence-corrected chi connectivity index (χ2v) is 30.9. The number of hydrogen-bond acceptors (Lipinski definition) is 19. The fourth-order valence-electron chi connectivity index (χ4n) is 15.5. The van der Waals surface area contributed by atoms with E-state index in [2.05, 4.69) is 239 Å². The summed E-state index contributed by atoms with van der Waals surface area (Å²) in [6.45, 7) is 22.6. The number of anilines is 6. The number of imidazole rings is 1. The van der Waals surface area contributed by atoms with E-state index < -0.39 is 0 Å². The third kappa shape index (κ3) is 22.8. The molecule has 0 spiro atoms. The van der Waals surface area contributed by atoms with Crippen molar-refractivity contribution in [3.63, 3.8) is 0 Å². The Morgan fingerprint density at radius 1 is 0.318 bits per heavy atom. The van der Waals surface area contributed by atoms with Gasteiger partial charge in [-0.3, -0.25) is 14.6 Å². The van der Waals surface area contributed by atoms with E-state index in [0.29, 0.717) is 46.0 Å². The molecule has 0 aliphatic carbocycles. The van der Waals surface area contributed by atoms with Gasteiger partial charge in [-0.2, -0.15) is 87.6 Å². The summed E-state index contributed by atoms with van der Waals surface area (Å²) in [5, 5.41) is 4.54. The van der Waals surface area contributed by atoms with Crippen molar-refractivity contribution in [3.8, 4) is 63.1 Å². The molecule has 0 N–H and O–H groups in total. The topological polar surface area (TPSA) is 124 Å². The summed E-state index contributed by atoms with van der Waals surface area (Å²) in [6, 6.07) is 111. The average Bonchev–Trinajstić information content (AvgIpc) is 1.64. The third-order valence-corrected chi connectivity index (χ3v) is 21.4. The fourth-order valence-corrected chi connectivity index (χ4v) is 15.5. The summed E-state index contributed by atoms with van der Waals surface area (Å²) >= 11 is 0. The van der Waals surface area contributed by atoms with Gasteiger partial charge in [-0.25, -0.2) is 0 Å². The van der Waals surface area contributed by atoms with Crippen LogP contribution in [0.5, 0.6) is 46.0 Å². The van der Waals surface area contributed by atoms with Gasteiger partial charge in [-0.15, -0.1) is 185 Å². The zero-order valence-corrected chi connectivity index (χ0v) is 83.5. The van der Waals surface area contributed by atoms with Gasteiger partial charge < -0.3 is 82.3 Å². The summed E-state index contributed by atoms with van der Waals surface area (Å²) in [5.41, 5.74) is 21.8. The van der Waals surface area contributed by atoms with Crippen LogP contribution in [-0.2, 0) is 91.3 Å². The molecular formula is C107H93N17O4Pt4-6. The summed E-state index contributed by atoms with van der Waals surface area (Å²) in [5.74, 6) is 5.90. The van der Waals surface area contributed by atoms with Crippen LogP contribution in [0.15, 0.2) is 328 Å². The van der Waals surface area contributed by atoms with E-state index in [0.717, 1.165) is 90.9 Å². The molecule has 6 aliphatic rings. The summed E-state index contributed by atoms with van der Waals surface area (Å²) in [6.07, 6.45) is 17.3. The van der Waals surface area contributed by atoms with Crippen LogP contribution >= 0.6 is 0 Å². The largest absolute Gasteiger partial charge is 4.00 e. The molecule has 0 saturated heterocycles. The van der Waals surface area contributed by atoms with Crippen LogP contribution in [0.2, 0.25) is 0 Å². The average molecular weight is 2460 g/mol. The molecule has 9 heterocycles. The van der Waals surface area contributed by atoms with Crippen LogP contribution in [-0.4, -0.2) is 96.0 Å². The molecule has 3 aromatic heterocycles. The molecule has 0 unspecified atom stereocenters. The predicted octanol–water partition coefficient (Wildman–Crippen LogP) is 22.2. The first kappa shape index (κ1) is 96.5. The Labute approximate surface area is 833 Å². The zero-order valence-electron chi connectivity index (χ0n) is 74.4. The van der Waals surface area contributed by atoms with Gasteiger partial charge in [0.05, 0.1) is 11.5 Å². The predicted molar refractivity (Wildman–Crippen MR) is 506 cm³/mol. The fraction of sp³-hybridized carbons (Fsp3) is 0.112. The van der Waals surface area contributed by atoms with Gasteiger partial charge in [0.15, 0.2) is 0 Å². The van der Waals surface area contributed by atoms with E-state index in [9.17, 15) is 0 Å². The van der Waals surface area contributed by atoms with Gasteiger partial charge in [-0.1, -0.05) is 97.1 Å². The van der Waals surface area contributed by atoms with Crippen molar-refractivity contribution < 1.29 is 103 Å². The molecule has 0 fully saturated rings. The number of aromatic nitrogens is 5. The molecule has 14 aromatic rings. The third-order valence-electron chi connectivity index (χ3n) is 21.4. The van der Waals surface area contributed by atoms with E-state index in [1.165, 1.54) is 33.8 Å². The van der Waals surface area contributed by atoms with Crippen molar-refractivity contribution in [2.45, 2.75) is 34.6 Å². The van der Waals surface area contributed by atoms with Crippen molar-refractivity contribution in [3.05, 3.63) is 450 Å². The van der Waals surface area contributed by atoms with E-state index >= 15 is 0 Å². The maximum absolute atomic E-state index is 6.14. The van der Waals surface area contributed by atoms with Gasteiger partial charge in [0, 0.05) is 171 Å². The summed E-state index contributed by atoms with van der Waals surface area (Å²) < 4.78 is 28.3. The standard InChI is InChI=1S/C28H25N4O.C27H24N4O.C27H23N4O.C25H21N5O.4Pt/c1-20-16-21(2)32(29-20)25-13-9-15-27(18-25)33-26-14-8-12-24(17-26)31-19-30(4)28(22(31)3)23-10-6-5-7-11-23;1-21-27(22-9-5-4-6-10-22)29(3)20-31(21)24-12-8-14-26(18-24)32-25-13-7-11-23(17-25)30-16-15-28(2)19-30;1-20-26(21-9-5-4-6-10-21)30(3)19-31(20)23-12-8-14-25(18-23)32-24-13-7-11-22(17-24)27-28-15-16-29(27)2;1-27-12-13-29(18-27)21-7-3-9-23(14-21)31-24-10-4-8-22(15-24)30-17-25(28(2)19-30)20-6-5-11-26-16-20;;;;/h5-16,19H,1-4H3;4-16,19-20H,1-3H3;4-16,19H,1-3H3;3-13,16-19H,1-2H3;;;;/q-3;-4;-3;-4;;;2*+4. The van der Waals surface area contributed by atoms with Gasteiger partial charge >= 0.3 is 42.1 Å². The maximum Gasteiger partial charge on any atom is 4.00 e. The first-order chi connectivity index (χ1) is 62.3. The Bertz CT molecular complexity index is 6470. The Hall–Kier alpha value is -13.0. The molecule has 0 amide bonds. The van der Waals surface area contributed by atoms with Crippen molar-refractivity contribution in [2.75, 3.05) is 71.7 Å². The Morgan fingerprint density at radius 2 is 0.667 bits per heavy atom. The van der Waals surface area contributed by atoms with E-state index in [-0.39, 0.29) is 84.3 Å². The molecule has 676 valence electrons. The van der Waals surface area contributed by atoms with Crippen LogP contribution in [0.25, 0.3) is 39.9 Å². The number of hydrogen-bond donors (Lipinski definition) is 0. The number of rotatable bonds is 20. The molecule has 0 radical (unpaired) electrons. The molecule has 0 saturated carbocycles. The second kappa shape index (κ2) is 44.3. The first-order valence-corrected chi connectivity index (χ1v) is 41.7. The van der Waals surface area contributed by atoms with Crippen LogP contribution in [0, 0.1) is 102 Å². The van der Waals surface area contributed by atoms with E-state index in [1.54, 1.807) is 12.4 Å². The van der Waals surface area contributed by atoms with Gasteiger partial charge in [0.1, 0.15) is 0 Å². The number of nitrogens with zero attached hydrogens (tertiary/aromatic N) is 17. The smallest absolute Gasteiger partial charge is 0.510 e. The molecule has 0 atom stereocenters. The number of ether oxygens (including phenoxy) is 4. The van der Waals surface area contributed by atoms with E-state index in [4.69, 9.17) is 18.9 Å². The van der Waals surface area contributed by atoms with Crippen LogP contribution in [0.3, 0.4) is 0 Å². The SMILES string of the molecule is CC1=C(c2ccccc2)N(C)[CH-]N1c1[c-]c(Oc2[c-]c(-c3nccn3C)ccc2)ccc1.CC1=C(c2ccccc2)N(C)[CH-]N1c1[c-]c(Oc2[c-]c(-n3nc(C)cc3C)ccc2)ccc1.CC1=C(c2ccccc2)N(C)[CH-]N1c1[c-]c(Oc2[c-]c(N3C=CN(C)[CH-]3)ccc2)ccc1.CN1C=CN(c2[c-]c(Oc3[c-]c(N4C=C(c5cccnc5)N(C)[CH-]4)ccc3)ccc2)[CH-]1.[Pt+4].[Pt+4].[Pt].[Pt]. The Morgan fingerprint density at radius 3 is 1.02 bits per heavy atom. The molecular weight excluding hydrogens is 2370 g/mol. The van der Waals surface area contributed by atoms with Crippen LogP contribution in [0.4, 0.5) is 34.1 Å². The summed E-state index contributed by atoms with van der Waals surface area (Å²) in [7, 11) is 14.1. The molecule has 132 heavy (non-hydrogen) atoms. The van der Waals surface area contributed by atoms with Crippen molar-refractivity contribution in [1.29, 1.82) is 0 Å². The van der Waals surface area contributed by atoms with Crippen LogP contribution in [0.1, 0.15) is 54.4 Å². The number of allylic oxidation sites excluding steroid dienone is 3. The quantitative estimate of drug-likeness (QED) is 0.0672. The molecule has 25 heteroatoms. The molecule has 11 aromatic carbocycles. The normalized spacial score (nSPS) is 14.3. The Balaban J connectivity index is 0.000000148. The summed E-state index contributed by atoms with van der Waals surface area (Å²) in [4.78, 5) is 33.5. The van der Waals surface area contributed by atoms with Crippen molar-refractivity contribution in [1.82, 2.24) is 53.7 Å². The minimum atomic E-state index is 0. The minimum Gasteiger partial charge on any atom is -0.510 e. The second-order valence-electron chi connectivity index (χ2n) is 30.9. The number of benzene rings is 11. The van der Waals surface area contributed by atoms with Gasteiger partial charge in [0.2, 0.25) is 0 Å². The minimum absolute atomic E-state index is 0. The molecule has 20 rings (SSSR count). The van der Waals surface area contributed by atoms with Crippen LogP contribution < -0.4 is 48.3 Å².